The van der Waals surface area contributed by atoms with Gasteiger partial charge in [0.2, 0.25) is 5.91 Å². The largest absolute Gasteiger partial charge is 0.389 e. The Morgan fingerprint density at radius 1 is 1.28 bits per heavy atom. The average Bonchev–Trinajstić information content (AvgIpc) is 2.56. The number of nitrogens with zero attached hydrogens (tertiary/aromatic N) is 1. The highest BCUT2D eigenvalue weighted by molar-refractivity contribution is 5.78. The molecule has 1 heterocycles. The standard InChI is InChI=1S/C14H28N2O2/c1-3-8-14(2,18)12-15-11-13(17)16-9-6-4-5-7-10-16/h15,18H,3-12H2,1-2H3. The molecule has 0 aliphatic carbocycles. The van der Waals surface area contributed by atoms with Crippen molar-refractivity contribution in [1.29, 1.82) is 0 Å². The fourth-order valence-electron chi connectivity index (χ4n) is 2.50. The molecule has 1 fully saturated rings. The first-order valence-electron chi connectivity index (χ1n) is 7.26. The molecule has 106 valence electrons. The van der Waals surface area contributed by atoms with Crippen molar-refractivity contribution in [2.45, 2.75) is 58.0 Å². The first kappa shape index (κ1) is 15.4. The Morgan fingerprint density at radius 2 is 1.89 bits per heavy atom. The number of carbonyl (C=O) groups is 1. The van der Waals surface area contributed by atoms with Crippen LogP contribution in [0.3, 0.4) is 0 Å². The number of aliphatic hydroxyl groups is 1. The molecule has 0 aromatic rings. The Hall–Kier alpha value is -0.610. The Kier molecular flexibility index (Phi) is 6.65. The molecule has 0 bridgehead atoms. The fraction of sp³-hybridized carbons (Fsp3) is 0.929. The molecule has 1 rings (SSSR count). The molecule has 1 saturated heterocycles. The van der Waals surface area contributed by atoms with Crippen LogP contribution in [-0.2, 0) is 4.79 Å². The van der Waals surface area contributed by atoms with Gasteiger partial charge in [0.25, 0.3) is 0 Å². The Morgan fingerprint density at radius 3 is 2.44 bits per heavy atom. The third-order valence-electron chi connectivity index (χ3n) is 3.53. The van der Waals surface area contributed by atoms with Gasteiger partial charge in [-0.25, -0.2) is 0 Å². The van der Waals surface area contributed by atoms with Gasteiger partial charge in [0, 0.05) is 19.6 Å². The van der Waals surface area contributed by atoms with E-state index >= 15 is 0 Å². The molecule has 1 amide bonds. The van der Waals surface area contributed by atoms with Gasteiger partial charge in [-0.15, -0.1) is 0 Å². The highest BCUT2D eigenvalue weighted by atomic mass is 16.3. The number of amides is 1. The van der Waals surface area contributed by atoms with Crippen molar-refractivity contribution in [3.8, 4) is 0 Å². The molecular weight excluding hydrogens is 228 g/mol. The molecule has 0 saturated carbocycles. The highest BCUT2D eigenvalue weighted by Gasteiger charge is 2.20. The Balaban J connectivity index is 2.23. The molecule has 4 nitrogen and oxygen atoms in total. The van der Waals surface area contributed by atoms with Crippen LogP contribution in [0, 0.1) is 0 Å². The van der Waals surface area contributed by atoms with E-state index in [4.69, 9.17) is 0 Å². The molecule has 0 aromatic carbocycles. The van der Waals surface area contributed by atoms with Crippen LogP contribution in [0.1, 0.15) is 52.4 Å². The predicted molar refractivity (Wildman–Crippen MR) is 73.4 cm³/mol. The van der Waals surface area contributed by atoms with Crippen molar-refractivity contribution in [3.63, 3.8) is 0 Å². The van der Waals surface area contributed by atoms with Crippen molar-refractivity contribution < 1.29 is 9.90 Å². The first-order chi connectivity index (χ1) is 8.55. The summed E-state index contributed by atoms with van der Waals surface area (Å²) < 4.78 is 0. The van der Waals surface area contributed by atoms with E-state index in [1.54, 1.807) is 0 Å². The highest BCUT2D eigenvalue weighted by Crippen LogP contribution is 2.11. The second-order valence-electron chi connectivity index (χ2n) is 5.65. The number of carbonyl (C=O) groups excluding carboxylic acids is 1. The molecule has 1 aliphatic heterocycles. The maximum atomic E-state index is 12.0. The van der Waals surface area contributed by atoms with Crippen LogP contribution in [0.2, 0.25) is 0 Å². The Bertz CT molecular complexity index is 246. The molecule has 1 atom stereocenters. The van der Waals surface area contributed by atoms with Crippen LogP contribution in [-0.4, -0.2) is 47.7 Å². The lowest BCUT2D eigenvalue weighted by Crippen LogP contribution is -2.44. The molecule has 0 radical (unpaired) electrons. The van der Waals surface area contributed by atoms with Crippen LogP contribution in [0.25, 0.3) is 0 Å². The summed E-state index contributed by atoms with van der Waals surface area (Å²) >= 11 is 0. The SMILES string of the molecule is CCCC(C)(O)CNCC(=O)N1CCCCCC1. The van der Waals surface area contributed by atoms with E-state index < -0.39 is 5.60 Å². The van der Waals surface area contributed by atoms with Crippen LogP contribution in [0.5, 0.6) is 0 Å². The van der Waals surface area contributed by atoms with Crippen molar-refractivity contribution in [3.05, 3.63) is 0 Å². The lowest BCUT2D eigenvalue weighted by molar-refractivity contribution is -0.130. The van der Waals surface area contributed by atoms with Gasteiger partial charge in [0.05, 0.1) is 12.1 Å². The average molecular weight is 256 g/mol. The molecular formula is C14H28N2O2. The number of rotatable bonds is 6. The van der Waals surface area contributed by atoms with E-state index in [9.17, 15) is 9.90 Å². The quantitative estimate of drug-likeness (QED) is 0.758. The van der Waals surface area contributed by atoms with Gasteiger partial charge in [0.15, 0.2) is 0 Å². The lowest BCUT2D eigenvalue weighted by atomic mass is 10.0. The van der Waals surface area contributed by atoms with E-state index in [0.717, 1.165) is 38.8 Å². The molecule has 0 spiro atoms. The van der Waals surface area contributed by atoms with E-state index in [1.165, 1.54) is 12.8 Å². The topological polar surface area (TPSA) is 52.6 Å². The molecule has 2 N–H and O–H groups in total. The van der Waals surface area contributed by atoms with E-state index in [0.29, 0.717) is 13.1 Å². The Labute approximate surface area is 111 Å². The van der Waals surface area contributed by atoms with Gasteiger partial charge in [-0.1, -0.05) is 26.2 Å². The predicted octanol–water partition coefficient (Wildman–Crippen LogP) is 1.53. The van der Waals surface area contributed by atoms with Crippen molar-refractivity contribution in [2.24, 2.45) is 0 Å². The van der Waals surface area contributed by atoms with Gasteiger partial charge >= 0.3 is 0 Å². The van der Waals surface area contributed by atoms with Gasteiger partial charge in [-0.2, -0.15) is 0 Å². The summed E-state index contributed by atoms with van der Waals surface area (Å²) in [6, 6.07) is 0. The van der Waals surface area contributed by atoms with Gasteiger partial charge < -0.3 is 15.3 Å². The van der Waals surface area contributed by atoms with Crippen LogP contribution in [0.15, 0.2) is 0 Å². The fourth-order valence-corrected chi connectivity index (χ4v) is 2.50. The lowest BCUT2D eigenvalue weighted by Gasteiger charge is -2.25. The van der Waals surface area contributed by atoms with E-state index in [2.05, 4.69) is 12.2 Å². The van der Waals surface area contributed by atoms with Crippen molar-refractivity contribution in [1.82, 2.24) is 10.2 Å². The minimum absolute atomic E-state index is 0.171. The van der Waals surface area contributed by atoms with E-state index in [1.807, 2.05) is 11.8 Å². The summed E-state index contributed by atoms with van der Waals surface area (Å²) in [5, 5.41) is 13.1. The maximum absolute atomic E-state index is 12.0. The summed E-state index contributed by atoms with van der Waals surface area (Å²) in [6.45, 7) is 6.49. The van der Waals surface area contributed by atoms with E-state index in [-0.39, 0.29) is 5.91 Å². The third-order valence-corrected chi connectivity index (χ3v) is 3.53. The van der Waals surface area contributed by atoms with Crippen molar-refractivity contribution in [2.75, 3.05) is 26.2 Å². The van der Waals surface area contributed by atoms with Crippen LogP contribution in [0.4, 0.5) is 0 Å². The molecule has 4 heteroatoms. The summed E-state index contributed by atoms with van der Waals surface area (Å²) in [5.74, 6) is 0.171. The second kappa shape index (κ2) is 7.74. The summed E-state index contributed by atoms with van der Waals surface area (Å²) in [7, 11) is 0. The van der Waals surface area contributed by atoms with Crippen LogP contribution >= 0.6 is 0 Å². The zero-order chi connectivity index (χ0) is 13.4. The summed E-state index contributed by atoms with van der Waals surface area (Å²) in [4.78, 5) is 13.9. The van der Waals surface area contributed by atoms with Gasteiger partial charge in [-0.05, 0) is 26.2 Å². The molecule has 18 heavy (non-hydrogen) atoms. The van der Waals surface area contributed by atoms with Gasteiger partial charge in [0.1, 0.15) is 0 Å². The minimum Gasteiger partial charge on any atom is -0.389 e. The summed E-state index contributed by atoms with van der Waals surface area (Å²) in [5.41, 5.74) is -0.701. The summed E-state index contributed by atoms with van der Waals surface area (Å²) in [6.07, 6.45) is 6.44. The molecule has 0 aromatic heterocycles. The number of hydrogen-bond acceptors (Lipinski definition) is 3. The maximum Gasteiger partial charge on any atom is 0.236 e. The zero-order valence-electron chi connectivity index (χ0n) is 11.9. The third kappa shape index (κ3) is 5.83. The second-order valence-corrected chi connectivity index (χ2v) is 5.65. The number of nitrogens with one attached hydrogen (secondary N) is 1. The number of hydrogen-bond donors (Lipinski definition) is 2. The first-order valence-corrected chi connectivity index (χ1v) is 7.26. The van der Waals surface area contributed by atoms with Crippen LogP contribution < -0.4 is 5.32 Å². The monoisotopic (exact) mass is 256 g/mol. The smallest absolute Gasteiger partial charge is 0.236 e. The van der Waals surface area contributed by atoms with Gasteiger partial charge in [-0.3, -0.25) is 4.79 Å². The normalized spacial score (nSPS) is 20.3. The molecule has 1 aliphatic rings. The zero-order valence-corrected chi connectivity index (χ0v) is 11.9. The number of likely N-dealkylation sites (tertiary alicyclic amines) is 1. The molecule has 1 unspecified atom stereocenters. The minimum atomic E-state index is -0.701. The van der Waals surface area contributed by atoms with Crippen molar-refractivity contribution >= 4 is 5.91 Å².